The van der Waals surface area contributed by atoms with Gasteiger partial charge >= 0.3 is 0 Å². The summed E-state index contributed by atoms with van der Waals surface area (Å²) in [6.07, 6.45) is 0.254. The van der Waals surface area contributed by atoms with Crippen LogP contribution in [0.3, 0.4) is 0 Å². The van der Waals surface area contributed by atoms with Crippen LogP contribution in [0.1, 0.15) is 26.3 Å². The zero-order valence-electron chi connectivity index (χ0n) is 10.0. The molecule has 0 saturated heterocycles. The number of hydrogen-bond donors (Lipinski definition) is 0. The van der Waals surface area contributed by atoms with Gasteiger partial charge in [-0.1, -0.05) is 35.4 Å². The summed E-state index contributed by atoms with van der Waals surface area (Å²) in [6.45, 7) is 5.56. The van der Waals surface area contributed by atoms with E-state index in [0.29, 0.717) is 0 Å². The second kappa shape index (κ2) is 5.96. The summed E-state index contributed by atoms with van der Waals surface area (Å²) in [7, 11) is 1.50. The predicted molar refractivity (Wildman–Crippen MR) is 58.8 cm³/mol. The maximum Gasteiger partial charge on any atom is 0.292 e. The third kappa shape index (κ3) is 4.72. The van der Waals surface area contributed by atoms with Gasteiger partial charge in [0.15, 0.2) is 0 Å². The molecule has 0 aliphatic rings. The Morgan fingerprint density at radius 2 is 1.69 bits per heavy atom. The van der Waals surface area contributed by atoms with E-state index in [1.165, 1.54) is 7.11 Å². The Labute approximate surface area is 95.9 Å². The second-order valence-corrected chi connectivity index (χ2v) is 4.20. The van der Waals surface area contributed by atoms with Crippen molar-refractivity contribution < 1.29 is 19.6 Å². The molecule has 1 aromatic carbocycles. The summed E-state index contributed by atoms with van der Waals surface area (Å²) in [5.41, 5.74) is 0.345. The van der Waals surface area contributed by atoms with E-state index in [2.05, 4.69) is 5.04 Å². The van der Waals surface area contributed by atoms with E-state index in [4.69, 9.17) is 14.5 Å². The lowest BCUT2D eigenvalue weighted by Gasteiger charge is -2.18. The van der Waals surface area contributed by atoms with Gasteiger partial charge in [0.05, 0.1) is 5.60 Å². The highest BCUT2D eigenvalue weighted by molar-refractivity contribution is 5.23. The maximum atomic E-state index is 5.04. The van der Waals surface area contributed by atoms with Crippen LogP contribution in [0.25, 0.3) is 0 Å². The van der Waals surface area contributed by atoms with Gasteiger partial charge in [-0.3, -0.25) is 0 Å². The van der Waals surface area contributed by atoms with E-state index in [-0.39, 0.29) is 6.29 Å². The molecule has 0 heterocycles. The molecule has 1 aromatic rings. The number of hydrogen-bond acceptors (Lipinski definition) is 4. The average molecular weight is 225 g/mol. The predicted octanol–water partition coefficient (Wildman–Crippen LogP) is 2.85. The zero-order valence-corrected chi connectivity index (χ0v) is 10.0. The summed E-state index contributed by atoms with van der Waals surface area (Å²) >= 11 is 0. The van der Waals surface area contributed by atoms with E-state index in [9.17, 15) is 0 Å². The molecule has 0 amide bonds. The number of rotatable bonds is 5. The molecule has 89 valence electrons. The van der Waals surface area contributed by atoms with Gasteiger partial charge in [0.1, 0.15) is 0 Å². The van der Waals surface area contributed by atoms with E-state index < -0.39 is 5.60 Å². The van der Waals surface area contributed by atoms with E-state index >= 15 is 0 Å². The SMILES string of the molecule is CO[C](OOOC(C)(C)C)c1ccccc1. The number of ether oxygens (including phenoxy) is 1. The van der Waals surface area contributed by atoms with Crippen molar-refractivity contribution >= 4 is 0 Å². The Balaban J connectivity index is 2.45. The van der Waals surface area contributed by atoms with Gasteiger partial charge in [-0.05, 0) is 20.8 Å². The molecule has 0 fully saturated rings. The largest absolute Gasteiger partial charge is 0.343 e. The number of benzene rings is 1. The lowest BCUT2D eigenvalue weighted by molar-refractivity contribution is -0.543. The molecule has 1 radical (unpaired) electrons. The standard InChI is InChI=1S/C12H17O4/c1-12(2,3)15-16-14-11(13-4)10-8-6-5-7-9-10/h5-9H,1-4H3. The highest BCUT2D eigenvalue weighted by Gasteiger charge is 2.18. The molecule has 0 aliphatic carbocycles. The third-order valence-corrected chi connectivity index (χ3v) is 1.59. The first kappa shape index (κ1) is 13.1. The van der Waals surface area contributed by atoms with Crippen molar-refractivity contribution in [2.24, 2.45) is 0 Å². The van der Waals surface area contributed by atoms with Crippen LogP contribution in [0, 0.1) is 6.29 Å². The molecule has 0 saturated carbocycles. The molecule has 16 heavy (non-hydrogen) atoms. The van der Waals surface area contributed by atoms with E-state index in [0.717, 1.165) is 5.56 Å². The summed E-state index contributed by atoms with van der Waals surface area (Å²) in [4.78, 5) is 9.89. The molecular formula is C12H17O4. The Kier molecular flexibility index (Phi) is 4.89. The third-order valence-electron chi connectivity index (χ3n) is 1.59. The van der Waals surface area contributed by atoms with Crippen LogP contribution in [0.2, 0.25) is 0 Å². The van der Waals surface area contributed by atoms with Crippen molar-refractivity contribution in [1.82, 2.24) is 0 Å². The minimum Gasteiger partial charge on any atom is -0.343 e. The highest BCUT2D eigenvalue weighted by Crippen LogP contribution is 2.18. The van der Waals surface area contributed by atoms with Crippen LogP contribution in [0.4, 0.5) is 0 Å². The van der Waals surface area contributed by atoms with Crippen molar-refractivity contribution in [2.75, 3.05) is 7.11 Å². The van der Waals surface area contributed by atoms with Crippen LogP contribution in [-0.2, 0) is 19.6 Å². The first-order valence-electron chi connectivity index (χ1n) is 5.01. The number of methoxy groups -OCH3 is 1. The first-order valence-corrected chi connectivity index (χ1v) is 5.01. The molecule has 4 heteroatoms. The molecule has 4 nitrogen and oxygen atoms in total. The monoisotopic (exact) mass is 225 g/mol. The van der Waals surface area contributed by atoms with E-state index in [1.807, 2.05) is 51.1 Å². The van der Waals surface area contributed by atoms with Crippen molar-refractivity contribution in [1.29, 1.82) is 0 Å². The van der Waals surface area contributed by atoms with Gasteiger partial charge in [-0.25, -0.2) is 4.89 Å². The lowest BCUT2D eigenvalue weighted by atomic mass is 10.2. The van der Waals surface area contributed by atoms with Crippen LogP contribution in [0.5, 0.6) is 0 Å². The normalized spacial score (nSPS) is 12.1. The van der Waals surface area contributed by atoms with Crippen LogP contribution < -0.4 is 0 Å². The van der Waals surface area contributed by atoms with Gasteiger partial charge in [-0.2, -0.15) is 4.89 Å². The summed E-state index contributed by atoms with van der Waals surface area (Å²) in [6, 6.07) is 9.35. The molecule has 0 aliphatic heterocycles. The molecule has 0 N–H and O–H groups in total. The van der Waals surface area contributed by atoms with Gasteiger partial charge in [-0.15, -0.1) is 0 Å². The van der Waals surface area contributed by atoms with Crippen molar-refractivity contribution in [3.63, 3.8) is 0 Å². The summed E-state index contributed by atoms with van der Waals surface area (Å²) < 4.78 is 5.04. The lowest BCUT2D eigenvalue weighted by Crippen LogP contribution is -2.21. The Morgan fingerprint density at radius 1 is 1.06 bits per heavy atom. The zero-order chi connectivity index (χ0) is 12.0. The smallest absolute Gasteiger partial charge is 0.292 e. The minimum absolute atomic E-state index is 0.254. The molecule has 0 bridgehead atoms. The fourth-order valence-corrected chi connectivity index (χ4v) is 0.924. The van der Waals surface area contributed by atoms with E-state index in [1.54, 1.807) is 0 Å². The first-order chi connectivity index (χ1) is 7.53. The summed E-state index contributed by atoms with van der Waals surface area (Å²) in [5.74, 6) is 0. The minimum atomic E-state index is -0.435. The Bertz CT molecular complexity index is 292. The molecule has 0 unspecified atom stereocenters. The molecule has 0 spiro atoms. The fourth-order valence-electron chi connectivity index (χ4n) is 0.924. The van der Waals surface area contributed by atoms with Gasteiger partial charge < -0.3 is 4.74 Å². The summed E-state index contributed by atoms with van der Waals surface area (Å²) in [5, 5.41) is 4.64. The van der Waals surface area contributed by atoms with Gasteiger partial charge in [0, 0.05) is 12.7 Å². The molecule has 1 rings (SSSR count). The van der Waals surface area contributed by atoms with Gasteiger partial charge in [0.25, 0.3) is 6.29 Å². The second-order valence-electron chi connectivity index (χ2n) is 4.20. The van der Waals surface area contributed by atoms with Crippen LogP contribution in [0.15, 0.2) is 30.3 Å². The topological polar surface area (TPSA) is 36.9 Å². The highest BCUT2D eigenvalue weighted by atomic mass is 17.5. The van der Waals surface area contributed by atoms with Crippen molar-refractivity contribution in [2.45, 2.75) is 26.4 Å². The average Bonchev–Trinajstić information content (AvgIpc) is 2.24. The van der Waals surface area contributed by atoms with Crippen molar-refractivity contribution in [3.8, 4) is 0 Å². The Hall–Kier alpha value is -0.940. The quantitative estimate of drug-likeness (QED) is 0.570. The Morgan fingerprint density at radius 3 is 2.19 bits per heavy atom. The maximum absolute atomic E-state index is 5.04. The van der Waals surface area contributed by atoms with Crippen LogP contribution in [-0.4, -0.2) is 12.7 Å². The van der Waals surface area contributed by atoms with Crippen LogP contribution >= 0.6 is 0 Å². The van der Waals surface area contributed by atoms with Crippen molar-refractivity contribution in [3.05, 3.63) is 42.2 Å². The molecular weight excluding hydrogens is 208 g/mol. The van der Waals surface area contributed by atoms with Gasteiger partial charge in [0.2, 0.25) is 0 Å². The fraction of sp³-hybridized carbons (Fsp3) is 0.417. The molecule has 0 aromatic heterocycles. The molecule has 0 atom stereocenters.